The summed E-state index contributed by atoms with van der Waals surface area (Å²) in [6.07, 6.45) is 3.44. The van der Waals surface area contributed by atoms with Gasteiger partial charge in [0, 0.05) is 35.9 Å². The number of rotatable bonds is 1. The highest BCUT2D eigenvalue weighted by Crippen LogP contribution is 2.32. The zero-order chi connectivity index (χ0) is 14.1. The molecule has 3 rings (SSSR count). The van der Waals surface area contributed by atoms with E-state index in [9.17, 15) is 5.26 Å². The van der Waals surface area contributed by atoms with Crippen LogP contribution in [0.4, 0.5) is 0 Å². The van der Waals surface area contributed by atoms with Crippen LogP contribution < -0.4 is 0 Å². The van der Waals surface area contributed by atoms with Crippen molar-refractivity contribution in [2.24, 2.45) is 7.05 Å². The average molecular weight is 258 g/mol. The standard InChI is InChI=1S/C16H10N4/c1-20-15-5-4-11(8-17)7-13(15)14(9-18)16(20)12-3-2-6-19-10-12/h2-7,10H,1H3. The Hall–Kier alpha value is -3.11. The highest BCUT2D eigenvalue weighted by molar-refractivity contribution is 5.95. The molecule has 2 heterocycles. The lowest BCUT2D eigenvalue weighted by atomic mass is 10.1. The van der Waals surface area contributed by atoms with Crippen LogP contribution in [0.2, 0.25) is 0 Å². The SMILES string of the molecule is Cn1c(-c2cccnc2)c(C#N)c2cc(C#N)ccc21. The number of hydrogen-bond acceptors (Lipinski definition) is 3. The summed E-state index contributed by atoms with van der Waals surface area (Å²) in [7, 11) is 1.91. The average Bonchev–Trinajstić information content (AvgIpc) is 2.79. The number of nitriles is 2. The van der Waals surface area contributed by atoms with Gasteiger partial charge in [0.2, 0.25) is 0 Å². The number of fused-ring (bicyclic) bond motifs is 1. The first-order valence-electron chi connectivity index (χ1n) is 6.09. The van der Waals surface area contributed by atoms with Gasteiger partial charge in [-0.05, 0) is 30.3 Å². The van der Waals surface area contributed by atoms with E-state index in [1.807, 2.05) is 29.8 Å². The van der Waals surface area contributed by atoms with Gasteiger partial charge >= 0.3 is 0 Å². The van der Waals surface area contributed by atoms with E-state index in [1.54, 1.807) is 24.5 Å². The molecule has 0 unspecified atom stereocenters. The van der Waals surface area contributed by atoms with Crippen LogP contribution in [0.1, 0.15) is 11.1 Å². The number of aryl methyl sites for hydroxylation is 1. The third kappa shape index (κ3) is 1.64. The summed E-state index contributed by atoms with van der Waals surface area (Å²) in [5.41, 5.74) is 3.77. The summed E-state index contributed by atoms with van der Waals surface area (Å²) in [6, 6.07) is 13.5. The first-order valence-corrected chi connectivity index (χ1v) is 6.09. The maximum absolute atomic E-state index is 9.49. The van der Waals surface area contributed by atoms with E-state index >= 15 is 0 Å². The number of pyridine rings is 1. The van der Waals surface area contributed by atoms with Gasteiger partial charge in [0.05, 0.1) is 22.9 Å². The van der Waals surface area contributed by atoms with Gasteiger partial charge in [-0.2, -0.15) is 10.5 Å². The maximum Gasteiger partial charge on any atom is 0.102 e. The molecule has 0 saturated heterocycles. The fourth-order valence-electron chi connectivity index (χ4n) is 2.47. The minimum absolute atomic E-state index is 0.553. The maximum atomic E-state index is 9.49. The van der Waals surface area contributed by atoms with Crippen molar-refractivity contribution in [3.8, 4) is 23.4 Å². The summed E-state index contributed by atoms with van der Waals surface area (Å²) in [4.78, 5) is 4.11. The van der Waals surface area contributed by atoms with Crippen molar-refractivity contribution < 1.29 is 0 Å². The second-order valence-corrected chi connectivity index (χ2v) is 4.48. The number of aromatic nitrogens is 2. The predicted octanol–water partition coefficient (Wildman–Crippen LogP) is 2.98. The molecular formula is C16H10N4. The summed E-state index contributed by atoms with van der Waals surface area (Å²) in [5.74, 6) is 0. The van der Waals surface area contributed by atoms with E-state index in [2.05, 4.69) is 17.1 Å². The Balaban J connectivity index is 2.42. The normalized spacial score (nSPS) is 10.2. The Morgan fingerprint density at radius 1 is 1.15 bits per heavy atom. The van der Waals surface area contributed by atoms with Gasteiger partial charge in [0.15, 0.2) is 0 Å². The second kappa shape index (κ2) is 4.53. The molecule has 0 bridgehead atoms. The minimum atomic E-state index is 0.553. The van der Waals surface area contributed by atoms with Crippen LogP contribution in [0.5, 0.6) is 0 Å². The Morgan fingerprint density at radius 3 is 2.65 bits per heavy atom. The van der Waals surface area contributed by atoms with Gasteiger partial charge in [-0.25, -0.2) is 0 Å². The van der Waals surface area contributed by atoms with Crippen LogP contribution in [0.15, 0.2) is 42.7 Å². The number of nitrogens with zero attached hydrogens (tertiary/aromatic N) is 4. The van der Waals surface area contributed by atoms with Gasteiger partial charge in [-0.3, -0.25) is 4.98 Å². The molecule has 0 aliphatic rings. The molecule has 94 valence electrons. The lowest BCUT2D eigenvalue weighted by Crippen LogP contribution is -1.92. The van der Waals surface area contributed by atoms with Gasteiger partial charge in [0.1, 0.15) is 6.07 Å². The van der Waals surface area contributed by atoms with Crippen molar-refractivity contribution in [2.45, 2.75) is 0 Å². The van der Waals surface area contributed by atoms with Crippen LogP contribution in [0.3, 0.4) is 0 Å². The number of benzene rings is 1. The summed E-state index contributed by atoms with van der Waals surface area (Å²) in [6.45, 7) is 0. The van der Waals surface area contributed by atoms with E-state index in [1.165, 1.54) is 0 Å². The van der Waals surface area contributed by atoms with E-state index < -0.39 is 0 Å². The zero-order valence-corrected chi connectivity index (χ0v) is 10.8. The topological polar surface area (TPSA) is 65.4 Å². The molecule has 0 saturated carbocycles. The fourth-order valence-corrected chi connectivity index (χ4v) is 2.47. The first-order chi connectivity index (χ1) is 9.76. The van der Waals surface area contributed by atoms with Crippen LogP contribution in [0, 0.1) is 22.7 Å². The van der Waals surface area contributed by atoms with Gasteiger partial charge < -0.3 is 4.57 Å². The Labute approximate surface area is 116 Å². The highest BCUT2D eigenvalue weighted by Gasteiger charge is 2.16. The molecule has 0 radical (unpaired) electrons. The largest absolute Gasteiger partial charge is 0.342 e. The van der Waals surface area contributed by atoms with Crippen LogP contribution in [-0.2, 0) is 7.05 Å². The molecule has 20 heavy (non-hydrogen) atoms. The van der Waals surface area contributed by atoms with E-state index in [0.717, 1.165) is 22.2 Å². The molecule has 2 aromatic heterocycles. The second-order valence-electron chi connectivity index (χ2n) is 4.48. The molecule has 0 aliphatic heterocycles. The van der Waals surface area contributed by atoms with E-state index in [0.29, 0.717) is 11.1 Å². The van der Waals surface area contributed by atoms with Crippen molar-refractivity contribution in [2.75, 3.05) is 0 Å². The third-order valence-corrected chi connectivity index (χ3v) is 3.38. The third-order valence-electron chi connectivity index (χ3n) is 3.38. The lowest BCUT2D eigenvalue weighted by molar-refractivity contribution is 0.975. The summed E-state index contributed by atoms with van der Waals surface area (Å²) in [5, 5.41) is 19.3. The minimum Gasteiger partial charge on any atom is -0.342 e. The molecule has 0 amide bonds. The van der Waals surface area contributed by atoms with Crippen LogP contribution in [0.25, 0.3) is 22.2 Å². The predicted molar refractivity (Wildman–Crippen MR) is 75.6 cm³/mol. The summed E-state index contributed by atoms with van der Waals surface area (Å²) >= 11 is 0. The molecule has 0 spiro atoms. The molecule has 4 heteroatoms. The molecule has 1 aromatic carbocycles. The molecule has 0 N–H and O–H groups in total. The smallest absolute Gasteiger partial charge is 0.102 e. The zero-order valence-electron chi connectivity index (χ0n) is 10.8. The molecule has 4 nitrogen and oxygen atoms in total. The fraction of sp³-hybridized carbons (Fsp3) is 0.0625. The monoisotopic (exact) mass is 258 g/mol. The van der Waals surface area contributed by atoms with Crippen molar-refractivity contribution in [3.63, 3.8) is 0 Å². The Bertz CT molecular complexity index is 877. The molecule has 0 atom stereocenters. The summed E-state index contributed by atoms with van der Waals surface area (Å²) < 4.78 is 1.96. The molecule has 3 aromatic rings. The molecule has 0 fully saturated rings. The van der Waals surface area contributed by atoms with E-state index in [4.69, 9.17) is 5.26 Å². The Kier molecular flexibility index (Phi) is 2.71. The molecule has 0 aliphatic carbocycles. The quantitative estimate of drug-likeness (QED) is 0.674. The Morgan fingerprint density at radius 2 is 2.00 bits per heavy atom. The van der Waals surface area contributed by atoms with Gasteiger partial charge in [-0.15, -0.1) is 0 Å². The van der Waals surface area contributed by atoms with E-state index in [-0.39, 0.29) is 0 Å². The van der Waals surface area contributed by atoms with Crippen LogP contribution in [-0.4, -0.2) is 9.55 Å². The van der Waals surface area contributed by atoms with Crippen LogP contribution >= 0.6 is 0 Å². The van der Waals surface area contributed by atoms with Crippen molar-refractivity contribution in [1.82, 2.24) is 9.55 Å². The highest BCUT2D eigenvalue weighted by atomic mass is 15.0. The van der Waals surface area contributed by atoms with Crippen molar-refractivity contribution in [1.29, 1.82) is 10.5 Å². The molecular weight excluding hydrogens is 248 g/mol. The van der Waals surface area contributed by atoms with Crippen molar-refractivity contribution in [3.05, 3.63) is 53.9 Å². The lowest BCUT2D eigenvalue weighted by Gasteiger charge is -2.04. The number of hydrogen-bond donors (Lipinski definition) is 0. The van der Waals surface area contributed by atoms with Crippen molar-refractivity contribution >= 4 is 10.9 Å². The van der Waals surface area contributed by atoms with Gasteiger partial charge in [0.25, 0.3) is 0 Å². The first kappa shape index (κ1) is 12.0. The van der Waals surface area contributed by atoms with Gasteiger partial charge in [-0.1, -0.05) is 0 Å².